The van der Waals surface area contributed by atoms with E-state index in [9.17, 15) is 43.5 Å². The summed E-state index contributed by atoms with van der Waals surface area (Å²) in [5, 5.41) is 0. The van der Waals surface area contributed by atoms with E-state index in [1.54, 1.807) is 0 Å². The maximum atomic E-state index is 14.3. The van der Waals surface area contributed by atoms with E-state index in [1.807, 2.05) is 4.98 Å². The van der Waals surface area contributed by atoms with Crippen molar-refractivity contribution in [2.75, 3.05) is 6.26 Å². The Hall–Kier alpha value is -2.96. The number of nitrogens with zero attached hydrogens (tertiary/aromatic N) is 1. The quantitative estimate of drug-likeness (QED) is 0.480. The average Bonchev–Trinajstić information content (AvgIpc) is 3.05. The lowest BCUT2D eigenvalue weighted by Crippen LogP contribution is -2.08. The number of imidazole rings is 1. The van der Waals surface area contributed by atoms with E-state index in [0.717, 1.165) is 19.1 Å². The van der Waals surface area contributed by atoms with Gasteiger partial charge in [0.15, 0.2) is 9.84 Å². The van der Waals surface area contributed by atoms with Crippen LogP contribution in [-0.2, 0) is 22.2 Å². The minimum atomic E-state index is -5.06. The van der Waals surface area contributed by atoms with Crippen molar-refractivity contribution in [3.63, 3.8) is 0 Å². The van der Waals surface area contributed by atoms with Gasteiger partial charge in [0.25, 0.3) is 0 Å². The summed E-state index contributed by atoms with van der Waals surface area (Å²) in [6, 6.07) is 3.56. The molecule has 0 saturated heterocycles. The van der Waals surface area contributed by atoms with Crippen LogP contribution in [0.3, 0.4) is 0 Å². The zero-order valence-electron chi connectivity index (χ0n) is 16.1. The summed E-state index contributed by atoms with van der Waals surface area (Å²) in [4.78, 5) is 3.82. The van der Waals surface area contributed by atoms with Gasteiger partial charge < -0.3 is 4.98 Å². The number of sulfone groups is 1. The summed E-state index contributed by atoms with van der Waals surface area (Å²) < 4.78 is 131. The summed E-state index contributed by atoms with van der Waals surface area (Å²) in [5.41, 5.74) is -3.63. The van der Waals surface area contributed by atoms with Crippen LogP contribution in [0.25, 0.3) is 22.5 Å². The molecule has 0 saturated carbocycles. The fraction of sp³-hybridized carbons (Fsp3) is 0.211. The second kappa shape index (κ2) is 7.57. The fourth-order valence-electron chi connectivity index (χ4n) is 3.06. The summed E-state index contributed by atoms with van der Waals surface area (Å²) in [7, 11) is -4.35. The van der Waals surface area contributed by atoms with Crippen LogP contribution in [0.4, 0.5) is 35.1 Å². The molecule has 13 heteroatoms. The van der Waals surface area contributed by atoms with Gasteiger partial charge >= 0.3 is 12.4 Å². The third-order valence-electron chi connectivity index (χ3n) is 4.45. The van der Waals surface area contributed by atoms with Gasteiger partial charge in [0.05, 0.1) is 17.0 Å². The first-order valence-corrected chi connectivity index (χ1v) is 10.4. The van der Waals surface area contributed by atoms with Gasteiger partial charge in [0, 0.05) is 17.4 Å². The van der Waals surface area contributed by atoms with Crippen molar-refractivity contribution in [1.82, 2.24) is 9.97 Å². The van der Waals surface area contributed by atoms with Gasteiger partial charge in [0.1, 0.15) is 16.5 Å². The monoisotopic (exact) mass is 484 g/mol. The zero-order chi connectivity index (χ0) is 24.2. The second-order valence-corrected chi connectivity index (χ2v) is 8.83. The summed E-state index contributed by atoms with van der Waals surface area (Å²) >= 11 is 0. The van der Waals surface area contributed by atoms with Crippen LogP contribution < -0.4 is 0 Å². The van der Waals surface area contributed by atoms with Gasteiger partial charge in [-0.25, -0.2) is 22.2 Å². The molecular weight excluding hydrogens is 472 g/mol. The number of alkyl halides is 6. The van der Waals surface area contributed by atoms with Crippen LogP contribution >= 0.6 is 0 Å². The molecule has 2 aromatic carbocycles. The standard InChI is InChI=1S/C19H12F8N2O2S/c1-8-3-4-9(5-11(8)18(22,23)24)14-15(29-17(28-14)19(25,26)27)10-6-12(20)16(13(21)7-10)32(2,30)31/h3-7H,1-2H3,(H,28,29). The molecule has 0 spiro atoms. The molecule has 4 nitrogen and oxygen atoms in total. The van der Waals surface area contributed by atoms with Gasteiger partial charge in [-0.05, 0) is 30.7 Å². The number of rotatable bonds is 3. The van der Waals surface area contributed by atoms with Crippen LogP contribution in [-0.4, -0.2) is 24.6 Å². The minimum Gasteiger partial charge on any atom is -0.334 e. The predicted molar refractivity (Wildman–Crippen MR) is 97.2 cm³/mol. The lowest BCUT2D eigenvalue weighted by molar-refractivity contribution is -0.144. The third-order valence-corrected chi connectivity index (χ3v) is 5.58. The number of benzene rings is 2. The largest absolute Gasteiger partial charge is 0.449 e. The molecule has 3 rings (SSSR count). The first kappa shape index (κ1) is 23.7. The lowest BCUT2D eigenvalue weighted by atomic mass is 10.00. The topological polar surface area (TPSA) is 62.8 Å². The second-order valence-electron chi connectivity index (χ2n) is 6.88. The van der Waals surface area contributed by atoms with Crippen molar-refractivity contribution < 1.29 is 43.5 Å². The van der Waals surface area contributed by atoms with Gasteiger partial charge in [-0.2, -0.15) is 26.3 Å². The Balaban J connectivity index is 2.31. The van der Waals surface area contributed by atoms with Crippen molar-refractivity contribution >= 4 is 9.84 Å². The van der Waals surface area contributed by atoms with Crippen molar-refractivity contribution in [2.24, 2.45) is 0 Å². The molecule has 32 heavy (non-hydrogen) atoms. The molecule has 3 aromatic rings. The van der Waals surface area contributed by atoms with Crippen LogP contribution in [0.5, 0.6) is 0 Å². The molecular formula is C19H12F8N2O2S. The highest BCUT2D eigenvalue weighted by atomic mass is 32.2. The van der Waals surface area contributed by atoms with Crippen LogP contribution in [0, 0.1) is 18.6 Å². The number of aromatic nitrogens is 2. The van der Waals surface area contributed by atoms with Gasteiger partial charge in [0.2, 0.25) is 5.82 Å². The molecule has 0 atom stereocenters. The highest BCUT2D eigenvalue weighted by Gasteiger charge is 2.37. The number of halogens is 8. The predicted octanol–water partition coefficient (Wildman–Crippen LogP) is 5.77. The smallest absolute Gasteiger partial charge is 0.334 e. The Morgan fingerprint density at radius 2 is 1.44 bits per heavy atom. The molecule has 1 aromatic heterocycles. The number of H-pyrrole nitrogens is 1. The van der Waals surface area contributed by atoms with Gasteiger partial charge in [-0.1, -0.05) is 12.1 Å². The molecule has 0 fully saturated rings. The van der Waals surface area contributed by atoms with Crippen molar-refractivity contribution in [3.8, 4) is 22.5 Å². The van der Waals surface area contributed by atoms with E-state index in [2.05, 4.69) is 4.98 Å². The van der Waals surface area contributed by atoms with Crippen molar-refractivity contribution in [2.45, 2.75) is 24.2 Å². The molecule has 172 valence electrons. The van der Waals surface area contributed by atoms with Crippen LogP contribution in [0.2, 0.25) is 0 Å². The van der Waals surface area contributed by atoms with Gasteiger partial charge in [-0.15, -0.1) is 0 Å². The highest BCUT2D eigenvalue weighted by molar-refractivity contribution is 7.90. The molecule has 0 amide bonds. The number of hydrogen-bond acceptors (Lipinski definition) is 3. The Bertz CT molecular complexity index is 1280. The van der Waals surface area contributed by atoms with E-state index >= 15 is 0 Å². The third kappa shape index (κ3) is 4.47. The molecule has 0 radical (unpaired) electrons. The molecule has 0 aliphatic rings. The Labute approximate surface area is 175 Å². The molecule has 1 heterocycles. The Morgan fingerprint density at radius 3 is 1.91 bits per heavy atom. The average molecular weight is 484 g/mol. The maximum Gasteiger partial charge on any atom is 0.449 e. The SMILES string of the molecule is Cc1ccc(-c2[nH]c(C(F)(F)F)nc2-c2cc(F)c(S(C)(=O)=O)c(F)c2)cc1C(F)(F)F. The Morgan fingerprint density at radius 1 is 0.875 bits per heavy atom. The molecule has 0 aliphatic heterocycles. The summed E-state index contributed by atoms with van der Waals surface area (Å²) in [6.45, 7) is 1.15. The number of hydrogen-bond donors (Lipinski definition) is 1. The van der Waals surface area contributed by atoms with E-state index in [-0.39, 0.29) is 11.1 Å². The number of aryl methyl sites for hydroxylation is 1. The minimum absolute atomic E-state index is 0.201. The molecule has 0 bridgehead atoms. The number of aromatic amines is 1. The summed E-state index contributed by atoms with van der Waals surface area (Å²) in [6.07, 6.45) is -9.35. The number of nitrogens with one attached hydrogen (secondary N) is 1. The zero-order valence-corrected chi connectivity index (χ0v) is 16.9. The Kier molecular flexibility index (Phi) is 5.61. The van der Waals surface area contributed by atoms with Crippen LogP contribution in [0.15, 0.2) is 35.2 Å². The molecule has 0 unspecified atom stereocenters. The van der Waals surface area contributed by atoms with E-state index in [4.69, 9.17) is 0 Å². The first-order valence-electron chi connectivity index (χ1n) is 8.55. The van der Waals surface area contributed by atoms with E-state index < -0.39 is 67.1 Å². The van der Waals surface area contributed by atoms with E-state index in [0.29, 0.717) is 24.5 Å². The normalized spacial score (nSPS) is 12.9. The first-order chi connectivity index (χ1) is 14.5. The highest BCUT2D eigenvalue weighted by Crippen LogP contribution is 2.40. The van der Waals surface area contributed by atoms with Crippen molar-refractivity contribution in [3.05, 3.63) is 58.9 Å². The molecule has 0 aliphatic carbocycles. The molecule has 1 N–H and O–H groups in total. The lowest BCUT2D eigenvalue weighted by Gasteiger charge is -2.12. The van der Waals surface area contributed by atoms with Crippen LogP contribution in [0.1, 0.15) is 17.0 Å². The fourth-order valence-corrected chi connectivity index (χ4v) is 3.89. The van der Waals surface area contributed by atoms with Crippen molar-refractivity contribution in [1.29, 1.82) is 0 Å². The van der Waals surface area contributed by atoms with Gasteiger partial charge in [-0.3, -0.25) is 0 Å². The maximum absolute atomic E-state index is 14.3. The summed E-state index contributed by atoms with van der Waals surface area (Å²) in [5.74, 6) is -4.81. The van der Waals surface area contributed by atoms with E-state index in [1.165, 1.54) is 0 Å².